The maximum atomic E-state index is 5.03. The predicted molar refractivity (Wildman–Crippen MR) is 82.4 cm³/mol. The molecule has 0 radical (unpaired) electrons. The summed E-state index contributed by atoms with van der Waals surface area (Å²) in [6, 6.07) is 19.7. The van der Waals surface area contributed by atoms with Crippen molar-refractivity contribution in [2.45, 2.75) is 32.1 Å². The second-order valence-electron chi connectivity index (χ2n) is 5.07. The van der Waals surface area contributed by atoms with E-state index in [0.29, 0.717) is 5.92 Å². The molecule has 0 unspecified atom stereocenters. The van der Waals surface area contributed by atoms with E-state index in [9.17, 15) is 0 Å². The average molecular weight is 253 g/mol. The van der Waals surface area contributed by atoms with Crippen LogP contribution in [-0.2, 0) is 12.8 Å². The molecule has 0 saturated carbocycles. The monoisotopic (exact) mass is 253 g/mol. The summed E-state index contributed by atoms with van der Waals surface area (Å²) in [6.07, 6.45) is 3.51. The minimum Gasteiger partial charge on any atom is -0.330 e. The second kappa shape index (κ2) is 7.10. The van der Waals surface area contributed by atoms with E-state index in [1.54, 1.807) is 0 Å². The van der Waals surface area contributed by atoms with Gasteiger partial charge in [0.1, 0.15) is 0 Å². The molecule has 0 aromatic heterocycles. The van der Waals surface area contributed by atoms with Gasteiger partial charge in [-0.05, 0) is 48.4 Å². The van der Waals surface area contributed by atoms with E-state index in [1.807, 2.05) is 0 Å². The van der Waals surface area contributed by atoms with E-state index in [4.69, 9.17) is 5.73 Å². The summed E-state index contributed by atoms with van der Waals surface area (Å²) in [5.41, 5.74) is 9.58. The first kappa shape index (κ1) is 13.8. The highest BCUT2D eigenvalue weighted by atomic mass is 14.5. The van der Waals surface area contributed by atoms with Gasteiger partial charge < -0.3 is 5.73 Å². The summed E-state index contributed by atoms with van der Waals surface area (Å²) in [5, 5.41) is 0. The van der Waals surface area contributed by atoms with Gasteiger partial charge in [-0.25, -0.2) is 0 Å². The molecule has 19 heavy (non-hydrogen) atoms. The fourth-order valence-electron chi connectivity index (χ4n) is 2.52. The lowest BCUT2D eigenvalue weighted by Crippen LogP contribution is -1.96. The Kier molecular flexibility index (Phi) is 5.17. The Bertz CT molecular complexity index is 463. The van der Waals surface area contributed by atoms with E-state index in [-0.39, 0.29) is 0 Å². The number of nitrogens with two attached hydrogens (primary N) is 1. The molecule has 0 heterocycles. The third-order valence-electron chi connectivity index (χ3n) is 3.61. The fraction of sp³-hybridized carbons (Fsp3) is 0.333. The molecule has 3 rings (SSSR count). The van der Waals surface area contributed by atoms with Crippen LogP contribution >= 0.6 is 0 Å². The number of fused-ring (bicyclic) bond motifs is 1. The maximum absolute atomic E-state index is 5.03. The Morgan fingerprint density at radius 3 is 1.84 bits per heavy atom. The SMILES string of the molecule is CCCN.c1ccc(C2Cc3ccccc3C2)cc1. The van der Waals surface area contributed by atoms with Crippen LogP contribution < -0.4 is 5.73 Å². The minimum absolute atomic E-state index is 0.698. The highest BCUT2D eigenvalue weighted by Crippen LogP contribution is 2.33. The standard InChI is InChI=1S/C15H14.C3H9N/c1-2-6-12(7-3-1)15-10-13-8-4-5-9-14(13)11-15;1-2-3-4/h1-9,15H,10-11H2;2-4H2,1H3. The van der Waals surface area contributed by atoms with Gasteiger partial charge in [0.05, 0.1) is 0 Å². The number of hydrogen-bond donors (Lipinski definition) is 1. The highest BCUT2D eigenvalue weighted by molar-refractivity contribution is 5.37. The van der Waals surface area contributed by atoms with Crippen molar-refractivity contribution in [3.8, 4) is 0 Å². The first-order valence-corrected chi connectivity index (χ1v) is 7.17. The molecule has 0 aliphatic heterocycles. The van der Waals surface area contributed by atoms with Crippen molar-refractivity contribution in [2.24, 2.45) is 5.73 Å². The lowest BCUT2D eigenvalue weighted by Gasteiger charge is -2.08. The molecule has 0 bridgehead atoms. The third-order valence-corrected chi connectivity index (χ3v) is 3.61. The van der Waals surface area contributed by atoms with Crippen LogP contribution in [-0.4, -0.2) is 6.54 Å². The largest absolute Gasteiger partial charge is 0.330 e. The maximum Gasteiger partial charge on any atom is -0.00799 e. The number of rotatable bonds is 2. The first-order valence-electron chi connectivity index (χ1n) is 7.17. The summed E-state index contributed by atoms with van der Waals surface area (Å²) >= 11 is 0. The molecule has 0 spiro atoms. The topological polar surface area (TPSA) is 26.0 Å². The lowest BCUT2D eigenvalue weighted by molar-refractivity contribution is 0.742. The van der Waals surface area contributed by atoms with Gasteiger partial charge in [0.15, 0.2) is 0 Å². The van der Waals surface area contributed by atoms with Crippen molar-refractivity contribution in [1.82, 2.24) is 0 Å². The van der Waals surface area contributed by atoms with Crippen LogP contribution in [0.2, 0.25) is 0 Å². The van der Waals surface area contributed by atoms with Gasteiger partial charge in [-0.1, -0.05) is 61.5 Å². The minimum atomic E-state index is 0.698. The summed E-state index contributed by atoms with van der Waals surface area (Å²) in [5.74, 6) is 0.698. The molecule has 1 aliphatic rings. The molecular formula is C18H23N. The quantitative estimate of drug-likeness (QED) is 0.862. The van der Waals surface area contributed by atoms with Crippen molar-refractivity contribution in [3.05, 3.63) is 71.3 Å². The second-order valence-corrected chi connectivity index (χ2v) is 5.07. The molecule has 2 aromatic carbocycles. The Balaban J connectivity index is 0.000000297. The van der Waals surface area contributed by atoms with Crippen LogP contribution in [0.3, 0.4) is 0 Å². The molecule has 0 fully saturated rings. The van der Waals surface area contributed by atoms with Crippen molar-refractivity contribution >= 4 is 0 Å². The molecule has 1 heteroatoms. The van der Waals surface area contributed by atoms with Crippen molar-refractivity contribution in [2.75, 3.05) is 6.54 Å². The fourth-order valence-corrected chi connectivity index (χ4v) is 2.52. The van der Waals surface area contributed by atoms with Crippen LogP contribution in [0, 0.1) is 0 Å². The van der Waals surface area contributed by atoms with Crippen molar-refractivity contribution < 1.29 is 0 Å². The van der Waals surface area contributed by atoms with Crippen LogP contribution in [0.1, 0.15) is 36.0 Å². The van der Waals surface area contributed by atoms with Gasteiger partial charge in [-0.3, -0.25) is 0 Å². The lowest BCUT2D eigenvalue weighted by atomic mass is 9.96. The van der Waals surface area contributed by atoms with Crippen LogP contribution in [0.4, 0.5) is 0 Å². The molecule has 0 amide bonds. The van der Waals surface area contributed by atoms with E-state index in [0.717, 1.165) is 13.0 Å². The molecule has 2 aromatic rings. The van der Waals surface area contributed by atoms with Gasteiger partial charge >= 0.3 is 0 Å². The number of hydrogen-bond acceptors (Lipinski definition) is 1. The molecule has 1 nitrogen and oxygen atoms in total. The van der Waals surface area contributed by atoms with Crippen molar-refractivity contribution in [3.63, 3.8) is 0 Å². The molecule has 0 saturated heterocycles. The van der Waals surface area contributed by atoms with E-state index in [2.05, 4.69) is 61.5 Å². The number of benzene rings is 2. The predicted octanol–water partition coefficient (Wildman–Crippen LogP) is 3.92. The zero-order valence-electron chi connectivity index (χ0n) is 11.7. The van der Waals surface area contributed by atoms with Gasteiger partial charge in [-0.2, -0.15) is 0 Å². The summed E-state index contributed by atoms with van der Waals surface area (Å²) in [6.45, 7) is 2.88. The average Bonchev–Trinajstić information content (AvgIpc) is 2.92. The third kappa shape index (κ3) is 3.68. The Morgan fingerprint density at radius 2 is 1.37 bits per heavy atom. The van der Waals surface area contributed by atoms with Crippen molar-refractivity contribution in [1.29, 1.82) is 0 Å². The summed E-state index contributed by atoms with van der Waals surface area (Å²) in [7, 11) is 0. The van der Waals surface area contributed by atoms with Gasteiger partial charge in [0, 0.05) is 0 Å². The molecule has 0 atom stereocenters. The smallest absolute Gasteiger partial charge is 0.00799 e. The van der Waals surface area contributed by atoms with E-state index < -0.39 is 0 Å². The van der Waals surface area contributed by atoms with Crippen LogP contribution in [0.25, 0.3) is 0 Å². The van der Waals surface area contributed by atoms with Crippen LogP contribution in [0.5, 0.6) is 0 Å². The molecule has 1 aliphatic carbocycles. The van der Waals surface area contributed by atoms with Gasteiger partial charge in [0.25, 0.3) is 0 Å². The normalized spacial score (nSPS) is 13.6. The summed E-state index contributed by atoms with van der Waals surface area (Å²) in [4.78, 5) is 0. The Hall–Kier alpha value is -1.60. The Morgan fingerprint density at radius 1 is 0.895 bits per heavy atom. The molecule has 2 N–H and O–H groups in total. The van der Waals surface area contributed by atoms with Crippen LogP contribution in [0.15, 0.2) is 54.6 Å². The summed E-state index contributed by atoms with van der Waals surface area (Å²) < 4.78 is 0. The van der Waals surface area contributed by atoms with Gasteiger partial charge in [0.2, 0.25) is 0 Å². The van der Waals surface area contributed by atoms with Gasteiger partial charge in [-0.15, -0.1) is 0 Å². The Labute approximate surface area is 116 Å². The van der Waals surface area contributed by atoms with E-state index in [1.165, 1.54) is 29.5 Å². The molecule has 100 valence electrons. The zero-order valence-corrected chi connectivity index (χ0v) is 11.7. The van der Waals surface area contributed by atoms with E-state index >= 15 is 0 Å². The highest BCUT2D eigenvalue weighted by Gasteiger charge is 2.21. The zero-order chi connectivity index (χ0) is 13.5. The molecular weight excluding hydrogens is 230 g/mol. The first-order chi connectivity index (χ1) is 9.35.